The van der Waals surface area contributed by atoms with Crippen LogP contribution in [0.2, 0.25) is 5.02 Å². The number of carbonyl (C=O) groups excluding carboxylic acids is 3. The number of benzene rings is 3. The molecule has 31 nitrogen and oxygen atoms in total. The van der Waals surface area contributed by atoms with E-state index in [0.29, 0.717) is 24.5 Å². The van der Waals surface area contributed by atoms with Crippen molar-refractivity contribution in [2.24, 2.45) is 0 Å². The number of halogens is 8. The maximum absolute atomic E-state index is 12.7. The lowest BCUT2D eigenvalue weighted by molar-refractivity contribution is -0.385. The number of nitro benzene ring substituents is 1. The first kappa shape index (κ1) is 68.9. The minimum absolute atomic E-state index is 0.0612. The molecular weight excluding hydrogens is 1290 g/mol. The van der Waals surface area contributed by atoms with Gasteiger partial charge in [0, 0.05) is 18.3 Å². The highest BCUT2D eigenvalue weighted by Gasteiger charge is 2.32. The molecule has 0 unspecified atom stereocenters. The first-order valence-electron chi connectivity index (χ1n) is 22.2. The lowest BCUT2D eigenvalue weighted by Gasteiger charge is -2.12. The number of methoxy groups -OCH3 is 2. The fourth-order valence-electron chi connectivity index (χ4n) is 5.91. The molecule has 464 valence electrons. The number of rotatable bonds is 20. The summed E-state index contributed by atoms with van der Waals surface area (Å²) in [5.41, 5.74) is -2.99. The second kappa shape index (κ2) is 28.8. The number of alkyl halides is 7. The Kier molecular flexibility index (Phi) is 23.1. The number of anilines is 2. The average molecular weight is 1320 g/mol. The number of hydrogen-bond acceptors (Lipinski definition) is 24. The normalized spacial score (nSPS) is 11.5. The molecule has 3 heterocycles. The summed E-state index contributed by atoms with van der Waals surface area (Å²) in [6.45, 7) is -5.46. The van der Waals surface area contributed by atoms with Gasteiger partial charge in [-0.1, -0.05) is 30.7 Å². The van der Waals surface area contributed by atoms with Gasteiger partial charge in [0.15, 0.2) is 14.9 Å². The second-order valence-electron chi connectivity index (χ2n) is 15.4. The van der Waals surface area contributed by atoms with Gasteiger partial charge in [-0.05, 0) is 48.5 Å². The van der Waals surface area contributed by atoms with Gasteiger partial charge in [-0.25, -0.2) is 58.8 Å². The van der Waals surface area contributed by atoms with Crippen LogP contribution in [0.4, 0.5) is 57.9 Å². The molecule has 0 saturated carbocycles. The average Bonchev–Trinajstić information content (AvgIpc) is 3.21. The predicted octanol–water partition coefficient (Wildman–Crippen LogP) is 5.83. The summed E-state index contributed by atoms with van der Waals surface area (Å²) in [5, 5.41) is 22.7. The highest BCUT2D eigenvalue weighted by molar-refractivity contribution is 7.94. The SMILES string of the molecule is CCS(=O)(=O)c1cccnc1S(=O)(=O)NC(=O)Nc1nc(OC)cc(OC)n1.CS(=O)(=O)NC(=O)c1cc(Oc2ccc(C(F)(F)F)cc2Cl)ccc1[N+](=O)[O-].O=C(Nc1nc(OC(F)F)cc(OC(F)F)n1)NS(=O)(=O)c1ccccc1C(=O)O. The van der Waals surface area contributed by atoms with Crippen LogP contribution in [0.15, 0.2) is 106 Å². The molecule has 6 N–H and O–H groups in total. The van der Waals surface area contributed by atoms with Crippen LogP contribution in [0.25, 0.3) is 0 Å². The van der Waals surface area contributed by atoms with Crippen LogP contribution >= 0.6 is 11.6 Å². The summed E-state index contributed by atoms with van der Waals surface area (Å²) in [6.07, 6.45) is -2.84. The van der Waals surface area contributed by atoms with E-state index in [1.54, 1.807) is 14.8 Å². The van der Waals surface area contributed by atoms with Crippen LogP contribution in [0.5, 0.6) is 35.0 Å². The first-order chi connectivity index (χ1) is 39.9. The molecule has 0 radical (unpaired) electrons. The topological polar surface area (TPSA) is 439 Å². The number of nitrogens with zero attached hydrogens (tertiary/aromatic N) is 6. The minimum atomic E-state index is -4.71. The summed E-state index contributed by atoms with van der Waals surface area (Å²) in [6, 6.07) is 10.8. The molecule has 0 spiro atoms. The number of aromatic nitrogens is 5. The van der Waals surface area contributed by atoms with Crippen LogP contribution in [0.3, 0.4) is 0 Å². The van der Waals surface area contributed by atoms with E-state index in [2.05, 4.69) is 39.7 Å². The van der Waals surface area contributed by atoms with E-state index in [9.17, 15) is 93.7 Å². The molecule has 3 aromatic heterocycles. The number of aromatic carboxylic acids is 1. The summed E-state index contributed by atoms with van der Waals surface area (Å²) < 4.78 is 211. The van der Waals surface area contributed by atoms with Crippen molar-refractivity contribution in [3.8, 4) is 35.0 Å². The Hall–Kier alpha value is -9.55. The summed E-state index contributed by atoms with van der Waals surface area (Å²) in [5.74, 6) is -6.65. The monoisotopic (exact) mass is 1320 g/mol. The number of carboxylic acids is 1. The minimum Gasteiger partial charge on any atom is -0.481 e. The van der Waals surface area contributed by atoms with Crippen molar-refractivity contribution in [1.82, 2.24) is 39.1 Å². The van der Waals surface area contributed by atoms with Crippen LogP contribution in [-0.2, 0) is 46.1 Å². The molecular formula is C43H37ClF7N11O20S4. The Bertz CT molecular complexity index is 3960. The molecule has 3 aromatic carbocycles. The second-order valence-corrected chi connectivity index (χ2v) is 23.1. The molecule has 0 aliphatic heterocycles. The van der Waals surface area contributed by atoms with Crippen molar-refractivity contribution in [3.63, 3.8) is 0 Å². The van der Waals surface area contributed by atoms with Crippen LogP contribution in [0.1, 0.15) is 33.2 Å². The van der Waals surface area contributed by atoms with E-state index in [1.807, 2.05) is 0 Å². The molecule has 0 bridgehead atoms. The van der Waals surface area contributed by atoms with Crippen LogP contribution < -0.4 is 48.5 Å². The molecule has 0 aliphatic carbocycles. The molecule has 0 atom stereocenters. The molecule has 0 fully saturated rings. The Morgan fingerprint density at radius 1 is 0.686 bits per heavy atom. The van der Waals surface area contributed by atoms with Gasteiger partial charge in [0.05, 0.1) is 59.4 Å². The number of sulfone groups is 1. The Labute approximate surface area is 483 Å². The molecule has 86 heavy (non-hydrogen) atoms. The highest BCUT2D eigenvalue weighted by Crippen LogP contribution is 2.37. The molecule has 5 amide bonds. The van der Waals surface area contributed by atoms with E-state index < -0.39 is 148 Å². The number of carboxylic acid groups (broad SMARTS) is 1. The fourth-order valence-corrected chi connectivity index (χ4v) is 10.2. The fraction of sp³-hybridized carbons (Fsp3) is 0.186. The predicted molar refractivity (Wildman–Crippen MR) is 276 cm³/mol. The third-order valence-corrected chi connectivity index (χ3v) is 14.8. The van der Waals surface area contributed by atoms with E-state index >= 15 is 0 Å². The number of nitrogens with one attached hydrogen (secondary N) is 5. The largest absolute Gasteiger partial charge is 0.481 e. The summed E-state index contributed by atoms with van der Waals surface area (Å²) in [7, 11) is -14.6. The Morgan fingerprint density at radius 2 is 1.20 bits per heavy atom. The summed E-state index contributed by atoms with van der Waals surface area (Å²) in [4.78, 5) is 73.8. The number of ether oxygens (including phenoxy) is 5. The van der Waals surface area contributed by atoms with Gasteiger partial charge in [-0.2, -0.15) is 59.1 Å². The van der Waals surface area contributed by atoms with Gasteiger partial charge in [-0.15, -0.1) is 0 Å². The van der Waals surface area contributed by atoms with Crippen molar-refractivity contribution < 1.29 is 117 Å². The zero-order valence-corrected chi connectivity index (χ0v) is 47.1. The van der Waals surface area contributed by atoms with E-state index in [0.717, 1.165) is 48.7 Å². The lowest BCUT2D eigenvalue weighted by atomic mass is 10.1. The number of carbonyl (C=O) groups is 4. The maximum Gasteiger partial charge on any atom is 0.416 e. The number of nitro groups is 1. The van der Waals surface area contributed by atoms with E-state index in [-0.39, 0.29) is 35.0 Å². The van der Waals surface area contributed by atoms with Crippen LogP contribution in [-0.4, -0.2) is 132 Å². The van der Waals surface area contributed by atoms with Crippen LogP contribution in [0, 0.1) is 10.1 Å². The van der Waals surface area contributed by atoms with Gasteiger partial charge in [-0.3, -0.25) is 25.5 Å². The lowest BCUT2D eigenvalue weighted by Crippen LogP contribution is -2.36. The van der Waals surface area contributed by atoms with Crippen molar-refractivity contribution in [1.29, 1.82) is 0 Å². The third kappa shape index (κ3) is 20.4. The highest BCUT2D eigenvalue weighted by atomic mass is 35.5. The molecule has 6 rings (SSSR count). The van der Waals surface area contributed by atoms with Gasteiger partial charge in [0.25, 0.3) is 31.6 Å². The van der Waals surface area contributed by atoms with Gasteiger partial charge in [0.1, 0.15) is 26.9 Å². The standard InChI is InChI=1S/C15H10ClF3N2O6S.C14H10F4N4O7S.C14H17N5O7S2/c1-28(25,26)20-14(22)10-7-9(3-4-12(10)21(23)24)27-13-5-2-8(6-11(13)16)15(17,18)19;15-11(16)28-8-5-9(29-12(17)18)20-13(19-8)21-14(25)22-30(26,27)7-4-2-1-3-6(7)10(23)24;1-4-27(21,22)9-6-5-7-15-12(9)28(23,24)19-14(20)18-13-16-10(25-2)8-11(17-13)26-3/h2-7H,1H3,(H,20,22);1-5,11-12H,(H,23,24)(H2,19,20,21,22,25);5-8H,4H2,1-3H3,(H2,16,17,18,19,20). The van der Waals surface area contributed by atoms with Gasteiger partial charge >= 0.3 is 37.4 Å². The van der Waals surface area contributed by atoms with Crippen molar-refractivity contribution in [2.45, 2.75) is 41.1 Å². The van der Waals surface area contributed by atoms with Gasteiger partial charge in [0.2, 0.25) is 45.4 Å². The number of sulfonamides is 3. The number of urea groups is 2. The van der Waals surface area contributed by atoms with Crippen molar-refractivity contribution in [3.05, 3.63) is 123 Å². The quantitative estimate of drug-likeness (QED) is 0.0297. The molecule has 43 heteroatoms. The van der Waals surface area contributed by atoms with E-state index in [4.69, 9.17) is 30.9 Å². The third-order valence-electron chi connectivity index (χ3n) is 9.39. The maximum atomic E-state index is 12.7. The smallest absolute Gasteiger partial charge is 0.416 e. The zero-order valence-electron chi connectivity index (χ0n) is 43.1. The van der Waals surface area contributed by atoms with Gasteiger partial charge < -0.3 is 28.8 Å². The van der Waals surface area contributed by atoms with Crippen molar-refractivity contribution >= 4 is 93.0 Å². The molecule has 6 aromatic rings. The molecule has 0 saturated heterocycles. The molecule has 0 aliphatic rings. The van der Waals surface area contributed by atoms with E-state index in [1.165, 1.54) is 50.1 Å². The summed E-state index contributed by atoms with van der Waals surface area (Å²) >= 11 is 5.76. The Morgan fingerprint density at radius 3 is 1.67 bits per heavy atom. The first-order valence-corrected chi connectivity index (χ1v) is 29.1. The number of amides is 5. The number of hydrogen-bond donors (Lipinski definition) is 6. The Balaban J connectivity index is 0.000000277. The number of pyridine rings is 1. The zero-order chi connectivity index (χ0) is 64.7. The van der Waals surface area contributed by atoms with Crippen molar-refractivity contribution in [2.75, 3.05) is 36.9 Å².